The van der Waals surface area contributed by atoms with Gasteiger partial charge in [-0.3, -0.25) is 4.79 Å². The minimum Gasteiger partial charge on any atom is -0.351 e. The van der Waals surface area contributed by atoms with E-state index in [2.05, 4.69) is 5.32 Å². The maximum absolute atomic E-state index is 13.5. The predicted octanol–water partition coefficient (Wildman–Crippen LogP) is 1.31. The van der Waals surface area contributed by atoms with Crippen molar-refractivity contribution in [3.8, 4) is 0 Å². The number of carbonyl (C=O) groups is 1. The molecule has 2 aromatic carbocycles. The summed E-state index contributed by atoms with van der Waals surface area (Å²) < 4.78 is 63.4. The molecule has 0 fully saturated rings. The maximum Gasteiger partial charge on any atom is 0.242 e. The molecule has 28 heavy (non-hydrogen) atoms. The van der Waals surface area contributed by atoms with Gasteiger partial charge in [0.15, 0.2) is 9.84 Å². The number of sulfonamides is 1. The van der Waals surface area contributed by atoms with Crippen molar-refractivity contribution in [3.63, 3.8) is 0 Å². The van der Waals surface area contributed by atoms with Crippen LogP contribution in [-0.2, 0) is 37.0 Å². The van der Waals surface area contributed by atoms with Gasteiger partial charge < -0.3 is 5.32 Å². The van der Waals surface area contributed by atoms with E-state index in [-0.39, 0.29) is 22.6 Å². The van der Waals surface area contributed by atoms with Crippen molar-refractivity contribution >= 4 is 25.8 Å². The Bertz CT molecular complexity index is 1070. The summed E-state index contributed by atoms with van der Waals surface area (Å²) >= 11 is 0. The predicted molar refractivity (Wildman–Crippen MR) is 103 cm³/mol. The average molecular weight is 429 g/mol. The standard InChI is InChI=1S/C18H21FN2O5S2/c1-21(2)28(25,26)16-8-5-6-14(10-16)12-27(23,24)13-18(22)20-11-15-7-3-4-9-17(15)19/h3-10H,11-13H2,1-2H3,(H,20,22). The lowest BCUT2D eigenvalue weighted by atomic mass is 10.2. The van der Waals surface area contributed by atoms with E-state index in [0.29, 0.717) is 0 Å². The van der Waals surface area contributed by atoms with Crippen molar-refractivity contribution in [2.45, 2.75) is 17.2 Å². The average Bonchev–Trinajstić information content (AvgIpc) is 2.60. The molecule has 0 saturated heterocycles. The molecule has 0 atom stereocenters. The van der Waals surface area contributed by atoms with Crippen LogP contribution in [0.4, 0.5) is 4.39 Å². The normalized spacial score (nSPS) is 12.1. The molecule has 0 bridgehead atoms. The van der Waals surface area contributed by atoms with Gasteiger partial charge in [-0.1, -0.05) is 30.3 Å². The molecule has 0 spiro atoms. The topological polar surface area (TPSA) is 101 Å². The minimum atomic E-state index is -3.85. The molecule has 152 valence electrons. The van der Waals surface area contributed by atoms with Crippen LogP contribution in [0.3, 0.4) is 0 Å². The molecule has 0 saturated carbocycles. The van der Waals surface area contributed by atoms with Crippen LogP contribution in [0.25, 0.3) is 0 Å². The van der Waals surface area contributed by atoms with Crippen molar-refractivity contribution < 1.29 is 26.0 Å². The number of nitrogens with zero attached hydrogens (tertiary/aromatic N) is 1. The van der Waals surface area contributed by atoms with Gasteiger partial charge in [-0.05, 0) is 23.8 Å². The van der Waals surface area contributed by atoms with E-state index in [1.807, 2.05) is 0 Å². The van der Waals surface area contributed by atoms with E-state index in [0.717, 1.165) is 4.31 Å². The van der Waals surface area contributed by atoms with Crippen LogP contribution in [0, 0.1) is 5.82 Å². The molecule has 1 amide bonds. The zero-order chi connectivity index (χ0) is 20.9. The van der Waals surface area contributed by atoms with Crippen LogP contribution in [0.15, 0.2) is 53.4 Å². The fourth-order valence-corrected chi connectivity index (χ4v) is 4.66. The monoisotopic (exact) mass is 428 g/mol. The van der Waals surface area contributed by atoms with Gasteiger partial charge in [0.2, 0.25) is 15.9 Å². The second-order valence-corrected chi connectivity index (χ2v) is 10.6. The Morgan fingerprint density at radius 1 is 1.04 bits per heavy atom. The Hall–Kier alpha value is -2.30. The van der Waals surface area contributed by atoms with Crippen LogP contribution in [0.5, 0.6) is 0 Å². The van der Waals surface area contributed by atoms with Crippen LogP contribution in [0.2, 0.25) is 0 Å². The summed E-state index contributed by atoms with van der Waals surface area (Å²) in [6, 6.07) is 11.4. The van der Waals surface area contributed by atoms with Gasteiger partial charge in [0.25, 0.3) is 0 Å². The van der Waals surface area contributed by atoms with E-state index >= 15 is 0 Å². The SMILES string of the molecule is CN(C)S(=O)(=O)c1cccc(CS(=O)(=O)CC(=O)NCc2ccccc2F)c1. The highest BCUT2D eigenvalue weighted by atomic mass is 32.2. The lowest BCUT2D eigenvalue weighted by Crippen LogP contribution is -2.30. The van der Waals surface area contributed by atoms with Gasteiger partial charge in [0, 0.05) is 26.2 Å². The van der Waals surface area contributed by atoms with E-state index in [4.69, 9.17) is 0 Å². The Morgan fingerprint density at radius 2 is 1.71 bits per heavy atom. The maximum atomic E-state index is 13.5. The van der Waals surface area contributed by atoms with Crippen LogP contribution >= 0.6 is 0 Å². The summed E-state index contributed by atoms with van der Waals surface area (Å²) in [6.07, 6.45) is 0. The highest BCUT2D eigenvalue weighted by Gasteiger charge is 2.21. The molecule has 0 heterocycles. The summed E-state index contributed by atoms with van der Waals surface area (Å²) in [7, 11) is -4.80. The summed E-state index contributed by atoms with van der Waals surface area (Å²) in [6.45, 7) is -0.127. The second kappa shape index (κ2) is 8.80. The lowest BCUT2D eigenvalue weighted by Gasteiger charge is -2.12. The number of sulfone groups is 1. The van der Waals surface area contributed by atoms with Gasteiger partial charge >= 0.3 is 0 Å². The molecule has 10 heteroatoms. The fraction of sp³-hybridized carbons (Fsp3) is 0.278. The highest BCUT2D eigenvalue weighted by Crippen LogP contribution is 2.17. The molecule has 0 aliphatic heterocycles. The Morgan fingerprint density at radius 3 is 2.36 bits per heavy atom. The van der Waals surface area contributed by atoms with Crippen molar-refractivity contribution in [1.82, 2.24) is 9.62 Å². The molecule has 0 unspecified atom stereocenters. The lowest BCUT2D eigenvalue weighted by molar-refractivity contribution is -0.118. The minimum absolute atomic E-state index is 0.0331. The quantitative estimate of drug-likeness (QED) is 0.683. The highest BCUT2D eigenvalue weighted by molar-refractivity contribution is 7.91. The summed E-state index contributed by atoms with van der Waals surface area (Å²) in [4.78, 5) is 11.9. The molecular weight excluding hydrogens is 407 g/mol. The zero-order valence-electron chi connectivity index (χ0n) is 15.4. The summed E-state index contributed by atoms with van der Waals surface area (Å²) in [5.74, 6) is -2.53. The second-order valence-electron chi connectivity index (χ2n) is 6.34. The van der Waals surface area contributed by atoms with E-state index in [1.165, 1.54) is 56.6 Å². The number of hydrogen-bond donors (Lipinski definition) is 1. The first-order valence-electron chi connectivity index (χ1n) is 8.23. The largest absolute Gasteiger partial charge is 0.351 e. The first-order valence-corrected chi connectivity index (χ1v) is 11.5. The molecule has 0 aromatic heterocycles. The first kappa shape index (κ1) is 22.0. The zero-order valence-corrected chi connectivity index (χ0v) is 17.1. The fourth-order valence-electron chi connectivity index (χ4n) is 2.40. The molecule has 0 radical (unpaired) electrons. The van der Waals surface area contributed by atoms with Crippen LogP contribution in [-0.4, -0.2) is 46.9 Å². The molecule has 0 aliphatic carbocycles. The third kappa shape index (κ3) is 5.85. The number of halogens is 1. The molecular formula is C18H21FN2O5S2. The number of amides is 1. The van der Waals surface area contributed by atoms with Crippen LogP contribution in [0.1, 0.15) is 11.1 Å². The van der Waals surface area contributed by atoms with Crippen LogP contribution < -0.4 is 5.32 Å². The number of carbonyl (C=O) groups excluding carboxylic acids is 1. The first-order chi connectivity index (χ1) is 13.0. The summed E-state index contributed by atoms with van der Waals surface area (Å²) in [5.41, 5.74) is 0.500. The number of nitrogens with one attached hydrogen (secondary N) is 1. The van der Waals surface area contributed by atoms with E-state index in [1.54, 1.807) is 6.07 Å². The Balaban J connectivity index is 2.04. The van der Waals surface area contributed by atoms with E-state index < -0.39 is 43.1 Å². The molecule has 1 N–H and O–H groups in total. The van der Waals surface area contributed by atoms with Crippen molar-refractivity contribution in [3.05, 3.63) is 65.5 Å². The van der Waals surface area contributed by atoms with Crippen molar-refractivity contribution in [1.29, 1.82) is 0 Å². The van der Waals surface area contributed by atoms with Gasteiger partial charge in [-0.15, -0.1) is 0 Å². The number of hydrogen-bond acceptors (Lipinski definition) is 5. The molecule has 7 nitrogen and oxygen atoms in total. The molecule has 2 rings (SSSR count). The third-order valence-corrected chi connectivity index (χ3v) is 7.13. The van der Waals surface area contributed by atoms with Crippen molar-refractivity contribution in [2.24, 2.45) is 0 Å². The third-order valence-electron chi connectivity index (χ3n) is 3.85. The summed E-state index contributed by atoms with van der Waals surface area (Å²) in [5, 5.41) is 2.37. The van der Waals surface area contributed by atoms with Gasteiger partial charge in [0.1, 0.15) is 11.6 Å². The van der Waals surface area contributed by atoms with Gasteiger partial charge in [-0.2, -0.15) is 0 Å². The number of benzene rings is 2. The van der Waals surface area contributed by atoms with E-state index in [9.17, 15) is 26.0 Å². The number of rotatable bonds is 8. The van der Waals surface area contributed by atoms with Gasteiger partial charge in [0.05, 0.1) is 10.6 Å². The smallest absolute Gasteiger partial charge is 0.242 e. The van der Waals surface area contributed by atoms with Crippen molar-refractivity contribution in [2.75, 3.05) is 19.8 Å². The molecule has 2 aromatic rings. The van der Waals surface area contributed by atoms with Gasteiger partial charge in [-0.25, -0.2) is 25.5 Å². The Labute approximate surface area is 164 Å². The molecule has 0 aliphatic rings. The Kier molecular flexibility index (Phi) is 6.91.